The summed E-state index contributed by atoms with van der Waals surface area (Å²) in [7, 11) is -3.90. The topological polar surface area (TPSA) is 136 Å². The zero-order valence-electron chi connectivity index (χ0n) is 18.6. The lowest BCUT2D eigenvalue weighted by Gasteiger charge is -2.19. The highest BCUT2D eigenvalue weighted by atomic mass is 32.2. The normalized spacial score (nSPS) is 12.7. The molecule has 10 nitrogen and oxygen atoms in total. The van der Waals surface area contributed by atoms with Crippen LogP contribution in [0.15, 0.2) is 71.6 Å². The molecule has 3 aromatic carbocycles. The van der Waals surface area contributed by atoms with Gasteiger partial charge in [-0.2, -0.15) is 0 Å². The van der Waals surface area contributed by atoms with E-state index in [4.69, 9.17) is 4.74 Å². The van der Waals surface area contributed by atoms with Gasteiger partial charge < -0.3 is 10.1 Å². The number of hydrogen-bond donors (Lipinski definition) is 1. The van der Waals surface area contributed by atoms with Crippen LogP contribution in [-0.4, -0.2) is 38.4 Å². The van der Waals surface area contributed by atoms with E-state index in [0.717, 1.165) is 5.56 Å². The second kappa shape index (κ2) is 9.55. The second-order valence-corrected chi connectivity index (χ2v) is 9.68. The lowest BCUT2D eigenvalue weighted by molar-refractivity contribution is -0.385. The van der Waals surface area contributed by atoms with Crippen LogP contribution in [0.25, 0.3) is 0 Å². The van der Waals surface area contributed by atoms with Crippen molar-refractivity contribution in [2.45, 2.75) is 18.2 Å². The molecule has 1 N–H and O–H groups in total. The number of anilines is 2. The molecule has 0 aromatic heterocycles. The largest absolute Gasteiger partial charge is 0.452 e. The van der Waals surface area contributed by atoms with Gasteiger partial charge in [-0.25, -0.2) is 13.2 Å². The Morgan fingerprint density at radius 3 is 2.60 bits per heavy atom. The number of sulfonamides is 1. The minimum Gasteiger partial charge on any atom is -0.452 e. The van der Waals surface area contributed by atoms with E-state index in [1.165, 1.54) is 53.7 Å². The smallest absolute Gasteiger partial charge is 0.338 e. The van der Waals surface area contributed by atoms with Gasteiger partial charge in [0.05, 0.1) is 32.3 Å². The first-order valence-electron chi connectivity index (χ1n) is 10.6. The van der Waals surface area contributed by atoms with Gasteiger partial charge in [0.25, 0.3) is 21.6 Å². The van der Waals surface area contributed by atoms with Gasteiger partial charge >= 0.3 is 5.97 Å². The van der Waals surface area contributed by atoms with Crippen molar-refractivity contribution in [3.63, 3.8) is 0 Å². The van der Waals surface area contributed by atoms with E-state index < -0.39 is 33.4 Å². The molecule has 35 heavy (non-hydrogen) atoms. The van der Waals surface area contributed by atoms with Crippen molar-refractivity contribution in [2.24, 2.45) is 0 Å². The summed E-state index contributed by atoms with van der Waals surface area (Å²) in [4.78, 5) is 35.2. The fourth-order valence-corrected chi connectivity index (χ4v) is 5.38. The number of benzene rings is 3. The number of ether oxygens (including phenoxy) is 1. The van der Waals surface area contributed by atoms with Crippen LogP contribution in [0.4, 0.5) is 17.1 Å². The molecular formula is C24H21N3O7S. The third-order valence-electron chi connectivity index (χ3n) is 5.61. The highest BCUT2D eigenvalue weighted by Gasteiger charge is 2.31. The number of esters is 1. The predicted octanol–water partition coefficient (Wildman–Crippen LogP) is 3.45. The maximum atomic E-state index is 13.2. The first kappa shape index (κ1) is 23.9. The summed E-state index contributed by atoms with van der Waals surface area (Å²) in [5, 5.41) is 13.5. The van der Waals surface area contributed by atoms with Crippen LogP contribution in [0.2, 0.25) is 0 Å². The van der Waals surface area contributed by atoms with Gasteiger partial charge in [-0.05, 0) is 49.2 Å². The molecule has 180 valence electrons. The van der Waals surface area contributed by atoms with E-state index in [1.54, 1.807) is 12.1 Å². The monoisotopic (exact) mass is 495 g/mol. The SMILES string of the molecule is Cc1c(NC(=O)COC(=O)c2cccc(S(=O)(=O)N3CCc4ccccc43)c2)cccc1[N+](=O)[O-]. The standard InChI is InChI=1S/C24H21N3O7S/c1-16-20(9-5-11-21(16)27(30)31)25-23(28)15-34-24(29)18-7-4-8-19(14-18)35(32,33)26-13-12-17-6-2-3-10-22(17)26/h2-11,14H,12-13,15H2,1H3,(H,25,28). The number of carbonyl (C=O) groups is 2. The Morgan fingerprint density at radius 2 is 1.83 bits per heavy atom. The molecule has 4 rings (SSSR count). The van der Waals surface area contributed by atoms with E-state index in [2.05, 4.69) is 5.32 Å². The Hall–Kier alpha value is -4.25. The Labute approximate surface area is 201 Å². The molecule has 0 spiro atoms. The van der Waals surface area contributed by atoms with Gasteiger partial charge in [0.2, 0.25) is 0 Å². The van der Waals surface area contributed by atoms with Gasteiger partial charge in [0.1, 0.15) is 0 Å². The number of carbonyl (C=O) groups excluding carboxylic acids is 2. The van der Waals surface area contributed by atoms with Gasteiger partial charge in [-0.1, -0.05) is 30.3 Å². The van der Waals surface area contributed by atoms with E-state index in [9.17, 15) is 28.1 Å². The third kappa shape index (κ3) is 4.85. The van der Waals surface area contributed by atoms with Gasteiger partial charge in [0, 0.05) is 12.6 Å². The number of amides is 1. The van der Waals surface area contributed by atoms with Crippen LogP contribution in [0, 0.1) is 17.0 Å². The van der Waals surface area contributed by atoms with Crippen LogP contribution in [0.3, 0.4) is 0 Å². The molecule has 0 radical (unpaired) electrons. The Balaban J connectivity index is 1.44. The number of nitro groups is 1. The average molecular weight is 496 g/mol. The molecule has 1 heterocycles. The summed E-state index contributed by atoms with van der Waals surface area (Å²) in [6.45, 7) is 1.13. The van der Waals surface area contributed by atoms with E-state index in [1.807, 2.05) is 12.1 Å². The number of para-hydroxylation sites is 1. The molecule has 0 saturated carbocycles. The van der Waals surface area contributed by atoms with E-state index in [-0.39, 0.29) is 27.4 Å². The zero-order chi connectivity index (χ0) is 25.2. The van der Waals surface area contributed by atoms with Gasteiger partial charge in [-0.3, -0.25) is 19.2 Å². The molecule has 3 aromatic rings. The summed E-state index contributed by atoms with van der Waals surface area (Å²) in [6.07, 6.45) is 0.594. The molecule has 0 saturated heterocycles. The van der Waals surface area contributed by atoms with Crippen LogP contribution >= 0.6 is 0 Å². The number of hydrogen-bond acceptors (Lipinski definition) is 7. The Morgan fingerprint density at radius 1 is 1.09 bits per heavy atom. The summed E-state index contributed by atoms with van der Waals surface area (Å²) in [5.41, 5.74) is 1.83. The number of rotatable bonds is 7. The van der Waals surface area contributed by atoms with Gasteiger partial charge in [0.15, 0.2) is 6.61 Å². The predicted molar refractivity (Wildman–Crippen MR) is 128 cm³/mol. The summed E-state index contributed by atoms with van der Waals surface area (Å²) < 4.78 is 32.8. The highest BCUT2D eigenvalue weighted by molar-refractivity contribution is 7.92. The van der Waals surface area contributed by atoms with Crippen molar-refractivity contribution in [3.8, 4) is 0 Å². The molecule has 0 unspecified atom stereocenters. The van der Waals surface area contributed by atoms with Crippen molar-refractivity contribution in [2.75, 3.05) is 22.8 Å². The second-order valence-electron chi connectivity index (χ2n) is 7.81. The molecule has 1 amide bonds. The highest BCUT2D eigenvalue weighted by Crippen LogP contribution is 2.33. The number of fused-ring (bicyclic) bond motifs is 1. The van der Waals surface area contributed by atoms with Crippen molar-refractivity contribution in [1.82, 2.24) is 0 Å². The lowest BCUT2D eigenvalue weighted by Crippen LogP contribution is -2.29. The molecule has 11 heteroatoms. The Kier molecular flexibility index (Phi) is 6.52. The molecule has 0 atom stereocenters. The van der Waals surface area contributed by atoms with Gasteiger partial charge in [-0.15, -0.1) is 0 Å². The van der Waals surface area contributed by atoms with Crippen LogP contribution in [0.1, 0.15) is 21.5 Å². The van der Waals surface area contributed by atoms with Crippen LogP contribution < -0.4 is 9.62 Å². The first-order chi connectivity index (χ1) is 16.7. The minimum atomic E-state index is -3.90. The molecular weight excluding hydrogens is 474 g/mol. The number of nitrogens with zero attached hydrogens (tertiary/aromatic N) is 2. The van der Waals surface area contributed by atoms with E-state index >= 15 is 0 Å². The minimum absolute atomic E-state index is 0.0297. The molecule has 1 aliphatic rings. The van der Waals surface area contributed by atoms with Crippen LogP contribution in [0.5, 0.6) is 0 Å². The number of nitrogens with one attached hydrogen (secondary N) is 1. The van der Waals surface area contributed by atoms with Crippen LogP contribution in [-0.2, 0) is 26.0 Å². The fraction of sp³-hybridized carbons (Fsp3) is 0.167. The summed E-state index contributed by atoms with van der Waals surface area (Å²) >= 11 is 0. The maximum Gasteiger partial charge on any atom is 0.338 e. The van der Waals surface area contributed by atoms with Crippen molar-refractivity contribution in [3.05, 3.63) is 93.5 Å². The van der Waals surface area contributed by atoms with Crippen molar-refractivity contribution in [1.29, 1.82) is 0 Å². The van der Waals surface area contributed by atoms with E-state index in [0.29, 0.717) is 18.7 Å². The molecule has 1 aliphatic heterocycles. The lowest BCUT2D eigenvalue weighted by atomic mass is 10.1. The number of nitro benzene ring substituents is 1. The molecule has 0 aliphatic carbocycles. The fourth-order valence-electron chi connectivity index (χ4n) is 3.83. The molecule has 0 fully saturated rings. The third-order valence-corrected chi connectivity index (χ3v) is 7.42. The van der Waals surface area contributed by atoms with Crippen molar-refractivity contribution >= 4 is 39.0 Å². The summed E-state index contributed by atoms with van der Waals surface area (Å²) in [5.74, 6) is -1.57. The molecule has 0 bridgehead atoms. The average Bonchev–Trinajstić information content (AvgIpc) is 3.29. The quantitative estimate of drug-likeness (QED) is 0.301. The maximum absolute atomic E-state index is 13.2. The first-order valence-corrected chi connectivity index (χ1v) is 12.0. The zero-order valence-corrected chi connectivity index (χ0v) is 19.4. The Bertz CT molecular complexity index is 1440. The van der Waals surface area contributed by atoms with Crippen molar-refractivity contribution < 1.29 is 27.7 Å². The summed E-state index contributed by atoms with van der Waals surface area (Å²) in [6, 6.07) is 16.9.